The van der Waals surface area contributed by atoms with E-state index >= 15 is 0 Å². The van der Waals surface area contributed by atoms with E-state index in [1.54, 1.807) is 42.5 Å². The topological polar surface area (TPSA) is 150 Å². The Morgan fingerprint density at radius 2 is 1.94 bits per heavy atom. The Bertz CT molecular complexity index is 1250. The first kappa shape index (κ1) is 19.5. The summed E-state index contributed by atoms with van der Waals surface area (Å²) >= 11 is 0. The molecule has 11 heteroatoms. The first-order valence-electron chi connectivity index (χ1n) is 9.93. The highest BCUT2D eigenvalue weighted by Gasteiger charge is 2.39. The largest absolute Gasteiger partial charge is 0.322 e. The average Bonchev–Trinajstić information content (AvgIpc) is 3.42. The fraction of sp³-hybridized carbons (Fsp3) is 0.190. The van der Waals surface area contributed by atoms with Gasteiger partial charge >= 0.3 is 0 Å². The van der Waals surface area contributed by atoms with Crippen molar-refractivity contribution in [2.24, 2.45) is 0 Å². The van der Waals surface area contributed by atoms with Crippen LogP contribution >= 0.6 is 0 Å². The Balaban J connectivity index is 1.36. The van der Waals surface area contributed by atoms with E-state index in [4.69, 9.17) is 0 Å². The maximum Gasteiger partial charge on any atom is 0.255 e. The maximum atomic E-state index is 12.9. The standard InChI is InChI=1S/C21H17N7O4/c29-17-8-7-16(20(31)23-17)28-10-12-9-11(5-6-13(12)21(28)32)19(30)22-15-4-2-1-3-14(15)18-24-26-27-25-18/h1-6,9,16H,7-8,10H2,(H,22,30)(H,23,29,31)(H,24,25,26,27). The zero-order chi connectivity index (χ0) is 22.2. The number of piperidine rings is 1. The van der Waals surface area contributed by atoms with Crippen LogP contribution in [-0.4, -0.2) is 55.2 Å². The van der Waals surface area contributed by atoms with E-state index in [0.717, 1.165) is 0 Å². The number of nitrogens with one attached hydrogen (secondary N) is 3. The van der Waals surface area contributed by atoms with Crippen molar-refractivity contribution < 1.29 is 19.2 Å². The molecule has 0 radical (unpaired) electrons. The molecule has 3 N–H and O–H groups in total. The molecule has 1 unspecified atom stereocenters. The second-order valence-electron chi connectivity index (χ2n) is 7.51. The van der Waals surface area contributed by atoms with Gasteiger partial charge in [0, 0.05) is 29.7 Å². The molecule has 4 amide bonds. The van der Waals surface area contributed by atoms with Gasteiger partial charge in [0.15, 0.2) is 0 Å². The highest BCUT2D eigenvalue weighted by Crippen LogP contribution is 2.29. The molecule has 160 valence electrons. The molecule has 2 aliphatic rings. The molecule has 32 heavy (non-hydrogen) atoms. The van der Waals surface area contributed by atoms with E-state index in [1.165, 1.54) is 4.90 Å². The molecule has 0 saturated carbocycles. The van der Waals surface area contributed by atoms with Crippen LogP contribution in [-0.2, 0) is 16.1 Å². The van der Waals surface area contributed by atoms with Crippen molar-refractivity contribution in [3.8, 4) is 11.4 Å². The summed E-state index contributed by atoms with van der Waals surface area (Å²) in [5.74, 6) is -1.12. The van der Waals surface area contributed by atoms with E-state index in [0.29, 0.717) is 33.8 Å². The van der Waals surface area contributed by atoms with Gasteiger partial charge in [0.25, 0.3) is 11.8 Å². The van der Waals surface area contributed by atoms with Crippen LogP contribution in [0.5, 0.6) is 0 Å². The van der Waals surface area contributed by atoms with Crippen molar-refractivity contribution in [3.05, 3.63) is 59.2 Å². The van der Waals surface area contributed by atoms with Gasteiger partial charge in [-0.05, 0) is 47.5 Å². The number of rotatable bonds is 4. The number of carbonyl (C=O) groups is 4. The monoisotopic (exact) mass is 431 g/mol. The van der Waals surface area contributed by atoms with E-state index in [9.17, 15) is 19.2 Å². The molecule has 1 atom stereocenters. The molecule has 11 nitrogen and oxygen atoms in total. The molecule has 3 heterocycles. The van der Waals surface area contributed by atoms with Gasteiger partial charge in [0.2, 0.25) is 17.6 Å². The number of aromatic nitrogens is 4. The summed E-state index contributed by atoms with van der Waals surface area (Å²) < 4.78 is 0. The van der Waals surface area contributed by atoms with Gasteiger partial charge < -0.3 is 10.2 Å². The van der Waals surface area contributed by atoms with Crippen LogP contribution in [0.25, 0.3) is 11.4 Å². The van der Waals surface area contributed by atoms with E-state index in [-0.39, 0.29) is 37.1 Å². The average molecular weight is 431 g/mol. The quantitative estimate of drug-likeness (QED) is 0.519. The molecule has 0 spiro atoms. The first-order chi connectivity index (χ1) is 15.5. The Kier molecular flexibility index (Phi) is 4.70. The Morgan fingerprint density at radius 3 is 2.72 bits per heavy atom. The van der Waals surface area contributed by atoms with Crippen LogP contribution < -0.4 is 10.6 Å². The lowest BCUT2D eigenvalue weighted by Crippen LogP contribution is -2.52. The third kappa shape index (κ3) is 3.39. The van der Waals surface area contributed by atoms with Gasteiger partial charge in [0.05, 0.1) is 5.69 Å². The summed E-state index contributed by atoms with van der Waals surface area (Å²) in [4.78, 5) is 50.8. The fourth-order valence-electron chi connectivity index (χ4n) is 3.97. The van der Waals surface area contributed by atoms with Crippen LogP contribution in [0.2, 0.25) is 0 Å². The lowest BCUT2D eigenvalue weighted by molar-refractivity contribution is -0.136. The molecule has 0 aliphatic carbocycles. The van der Waals surface area contributed by atoms with Crippen LogP contribution in [0.1, 0.15) is 39.1 Å². The Hall–Kier alpha value is -4.41. The van der Waals surface area contributed by atoms with Crippen molar-refractivity contribution in [1.82, 2.24) is 30.8 Å². The number of hydrogen-bond acceptors (Lipinski definition) is 7. The van der Waals surface area contributed by atoms with Crippen LogP contribution in [0.3, 0.4) is 0 Å². The number of tetrazole rings is 1. The minimum atomic E-state index is -0.702. The van der Waals surface area contributed by atoms with E-state index in [2.05, 4.69) is 31.3 Å². The molecule has 1 saturated heterocycles. The number of aromatic amines is 1. The number of para-hydroxylation sites is 1. The normalized spacial score (nSPS) is 17.8. The number of nitrogens with zero attached hydrogens (tertiary/aromatic N) is 4. The van der Waals surface area contributed by atoms with Crippen molar-refractivity contribution in [2.45, 2.75) is 25.4 Å². The van der Waals surface area contributed by atoms with Crippen molar-refractivity contribution in [3.63, 3.8) is 0 Å². The predicted molar refractivity (Wildman–Crippen MR) is 110 cm³/mol. The van der Waals surface area contributed by atoms with Gasteiger partial charge in [-0.3, -0.25) is 24.5 Å². The minimum absolute atomic E-state index is 0.184. The summed E-state index contributed by atoms with van der Waals surface area (Å²) in [5.41, 5.74) is 2.58. The molecule has 1 aromatic heterocycles. The molecule has 2 aromatic carbocycles. The zero-order valence-electron chi connectivity index (χ0n) is 16.7. The lowest BCUT2D eigenvalue weighted by Gasteiger charge is -2.29. The highest BCUT2D eigenvalue weighted by molar-refractivity contribution is 6.08. The van der Waals surface area contributed by atoms with Crippen molar-refractivity contribution in [1.29, 1.82) is 0 Å². The molecule has 3 aromatic rings. The lowest BCUT2D eigenvalue weighted by atomic mass is 10.0. The van der Waals surface area contributed by atoms with Gasteiger partial charge in [-0.2, -0.15) is 5.21 Å². The predicted octanol–water partition coefficient (Wildman–Crippen LogP) is 0.880. The molecule has 5 rings (SSSR count). The number of anilines is 1. The molecular formula is C21H17N7O4. The number of H-pyrrole nitrogens is 1. The number of benzene rings is 2. The van der Waals surface area contributed by atoms with Gasteiger partial charge in [-0.1, -0.05) is 12.1 Å². The first-order valence-corrected chi connectivity index (χ1v) is 9.93. The number of carbonyl (C=O) groups excluding carboxylic acids is 4. The van der Waals surface area contributed by atoms with Crippen molar-refractivity contribution >= 4 is 29.3 Å². The minimum Gasteiger partial charge on any atom is -0.322 e. The number of hydrogen-bond donors (Lipinski definition) is 3. The second-order valence-corrected chi connectivity index (χ2v) is 7.51. The smallest absolute Gasteiger partial charge is 0.255 e. The Morgan fingerprint density at radius 1 is 1.09 bits per heavy atom. The third-order valence-corrected chi connectivity index (χ3v) is 5.55. The second kappa shape index (κ2) is 7.69. The maximum absolute atomic E-state index is 12.9. The summed E-state index contributed by atoms with van der Waals surface area (Å²) in [7, 11) is 0. The van der Waals surface area contributed by atoms with Crippen LogP contribution in [0, 0.1) is 0 Å². The molecule has 1 fully saturated rings. The van der Waals surface area contributed by atoms with Crippen molar-refractivity contribution in [2.75, 3.05) is 5.32 Å². The molecular weight excluding hydrogens is 414 g/mol. The molecule has 0 bridgehead atoms. The SMILES string of the molecule is O=C1CCC(N2Cc3cc(C(=O)Nc4ccccc4-c4nn[nH]n4)ccc3C2=O)C(=O)N1. The third-order valence-electron chi connectivity index (χ3n) is 5.55. The summed E-state index contributed by atoms with van der Waals surface area (Å²) in [5, 5.41) is 18.9. The van der Waals surface area contributed by atoms with Crippen LogP contribution in [0.15, 0.2) is 42.5 Å². The van der Waals surface area contributed by atoms with E-state index < -0.39 is 11.9 Å². The fourth-order valence-corrected chi connectivity index (χ4v) is 3.97. The summed E-state index contributed by atoms with van der Waals surface area (Å²) in [6, 6.07) is 11.2. The molecule has 2 aliphatic heterocycles. The van der Waals surface area contributed by atoms with Crippen LogP contribution in [0.4, 0.5) is 5.69 Å². The summed E-state index contributed by atoms with van der Waals surface area (Å²) in [6.45, 7) is 0.195. The number of fused-ring (bicyclic) bond motifs is 1. The number of amides is 4. The van der Waals surface area contributed by atoms with Gasteiger partial charge in [-0.15, -0.1) is 10.2 Å². The highest BCUT2D eigenvalue weighted by atomic mass is 16.2. The Labute approximate surface area is 181 Å². The number of imide groups is 1. The zero-order valence-corrected chi connectivity index (χ0v) is 16.7. The van der Waals surface area contributed by atoms with E-state index in [1.807, 2.05) is 0 Å². The van der Waals surface area contributed by atoms with Gasteiger partial charge in [-0.25, -0.2) is 0 Å². The summed E-state index contributed by atoms with van der Waals surface area (Å²) in [6.07, 6.45) is 0.467. The van der Waals surface area contributed by atoms with Gasteiger partial charge in [0.1, 0.15) is 6.04 Å².